The van der Waals surface area contributed by atoms with E-state index in [9.17, 15) is 13.7 Å². The van der Waals surface area contributed by atoms with Crippen LogP contribution >= 0.6 is 23.4 Å². The summed E-state index contributed by atoms with van der Waals surface area (Å²) in [5, 5.41) is 36.1. The van der Waals surface area contributed by atoms with E-state index in [2.05, 4.69) is 40.2 Å². The van der Waals surface area contributed by atoms with Crippen LogP contribution in [0.5, 0.6) is 0 Å². The van der Waals surface area contributed by atoms with Gasteiger partial charge in [-0.05, 0) is 19.1 Å². The molecular weight excluding hydrogens is 506 g/mol. The fraction of sp³-hybridized carbons (Fsp3) is 0.278. The molecule has 0 aliphatic carbocycles. The summed E-state index contributed by atoms with van der Waals surface area (Å²) < 4.78 is 36.3. The van der Waals surface area contributed by atoms with E-state index in [0.29, 0.717) is 28.7 Å². The summed E-state index contributed by atoms with van der Waals surface area (Å²) in [4.78, 5) is 8.78. The lowest BCUT2D eigenvalue weighted by atomic mass is 10.1. The van der Waals surface area contributed by atoms with E-state index in [0.717, 1.165) is 22.3 Å². The first-order chi connectivity index (χ1) is 16.3. The summed E-state index contributed by atoms with van der Waals surface area (Å²) in [7, 11) is -4.19. The first kappa shape index (κ1) is 25.7. The summed E-state index contributed by atoms with van der Waals surface area (Å²) in [5.41, 5.74) is 1.67. The van der Waals surface area contributed by atoms with Gasteiger partial charge in [-0.3, -0.25) is 4.55 Å². The maximum atomic E-state index is 11.0. The molecule has 180 valence electrons. The van der Waals surface area contributed by atoms with Crippen molar-refractivity contribution in [3.63, 3.8) is 0 Å². The third kappa shape index (κ3) is 7.04. The van der Waals surface area contributed by atoms with Crippen LogP contribution in [0.2, 0.25) is 0 Å². The summed E-state index contributed by atoms with van der Waals surface area (Å²) >= 11 is 2.19. The number of nitrogens with one attached hydrogen (secondary N) is 2. The average molecular weight is 526 g/mol. The molecule has 0 atom stereocenters. The Labute approximate surface area is 202 Å². The van der Waals surface area contributed by atoms with Crippen LogP contribution in [0.3, 0.4) is 0 Å². The maximum absolute atomic E-state index is 11.0. The zero-order valence-corrected chi connectivity index (χ0v) is 20.1. The van der Waals surface area contributed by atoms with Crippen LogP contribution < -0.4 is 10.6 Å². The van der Waals surface area contributed by atoms with Gasteiger partial charge in [0.2, 0.25) is 5.13 Å². The number of nitriles is 1. The number of fused-ring (bicyclic) bond motifs is 1. The van der Waals surface area contributed by atoms with Gasteiger partial charge in [0, 0.05) is 36.4 Å². The maximum Gasteiger partial charge on any atom is 0.266 e. The van der Waals surface area contributed by atoms with Crippen molar-refractivity contribution in [2.45, 2.75) is 6.92 Å². The van der Waals surface area contributed by atoms with Gasteiger partial charge in [-0.1, -0.05) is 28.5 Å². The standard InChI is InChI=1S/C18H19N7O6S3/c1-11-12(10-19)16(21-7-9-34(27,28)29)23-17(20-6-8-32-31-30-26)15(11)24-25-18-22-13-4-2-3-5-14(13)33-18/h2-5,26H,6-9H2,1H3,(H2,20,21,23)(H,27,28,29). The topological polar surface area (TPSA) is 191 Å². The van der Waals surface area contributed by atoms with E-state index in [1.807, 2.05) is 30.3 Å². The van der Waals surface area contributed by atoms with Crippen LogP contribution in [0.4, 0.5) is 22.5 Å². The summed E-state index contributed by atoms with van der Waals surface area (Å²) in [6, 6.07) is 9.58. The molecule has 1 aromatic carbocycles. The Hall–Kier alpha value is -2.91. The van der Waals surface area contributed by atoms with Gasteiger partial charge in [0.1, 0.15) is 17.6 Å². The van der Waals surface area contributed by atoms with E-state index in [4.69, 9.17) is 9.81 Å². The number of anilines is 2. The zero-order valence-electron chi connectivity index (χ0n) is 17.6. The smallest absolute Gasteiger partial charge is 0.266 e. The van der Waals surface area contributed by atoms with E-state index >= 15 is 0 Å². The number of thiazole rings is 1. The Morgan fingerprint density at radius 2 is 1.97 bits per heavy atom. The molecule has 2 aromatic heterocycles. The van der Waals surface area contributed by atoms with Gasteiger partial charge in [0.05, 0.1) is 21.5 Å². The number of benzene rings is 1. The van der Waals surface area contributed by atoms with Crippen molar-refractivity contribution in [1.82, 2.24) is 9.97 Å². The summed E-state index contributed by atoms with van der Waals surface area (Å²) in [5.74, 6) is 0.172. The summed E-state index contributed by atoms with van der Waals surface area (Å²) in [6.07, 6.45) is 0. The van der Waals surface area contributed by atoms with Gasteiger partial charge in [-0.2, -0.15) is 13.7 Å². The molecule has 0 saturated heterocycles. The first-order valence-corrected chi connectivity index (χ1v) is 12.9. The second kappa shape index (κ2) is 12.0. The van der Waals surface area contributed by atoms with E-state index in [1.54, 1.807) is 6.92 Å². The fourth-order valence-electron chi connectivity index (χ4n) is 2.77. The molecule has 0 aliphatic rings. The van der Waals surface area contributed by atoms with Crippen LogP contribution in [-0.4, -0.2) is 52.8 Å². The second-order valence-corrected chi connectivity index (χ2v) is 9.90. The quantitative estimate of drug-likeness (QED) is 0.0662. The van der Waals surface area contributed by atoms with Gasteiger partial charge in [-0.25, -0.2) is 15.2 Å². The number of azo groups is 1. The van der Waals surface area contributed by atoms with Crippen molar-refractivity contribution in [1.29, 1.82) is 5.26 Å². The molecule has 0 spiro atoms. The lowest BCUT2D eigenvalue weighted by molar-refractivity contribution is -0.432. The molecule has 4 N–H and O–H groups in total. The van der Waals surface area contributed by atoms with Crippen LogP contribution in [0, 0.1) is 18.3 Å². The van der Waals surface area contributed by atoms with Crippen molar-refractivity contribution < 1.29 is 27.6 Å². The van der Waals surface area contributed by atoms with Gasteiger partial charge < -0.3 is 10.6 Å². The SMILES string of the molecule is Cc1c(C#N)c(NCCS(=O)(=O)O)nc(NCCSOOO)c1N=Nc1nc2ccccc2s1. The number of pyridine rings is 1. The molecule has 0 unspecified atom stereocenters. The molecule has 0 radical (unpaired) electrons. The summed E-state index contributed by atoms with van der Waals surface area (Å²) in [6.45, 7) is 1.80. The minimum atomic E-state index is -4.19. The predicted molar refractivity (Wildman–Crippen MR) is 128 cm³/mol. The first-order valence-electron chi connectivity index (χ1n) is 9.57. The highest BCUT2D eigenvalue weighted by Crippen LogP contribution is 2.36. The molecule has 0 saturated carbocycles. The van der Waals surface area contributed by atoms with Crippen LogP contribution in [0.1, 0.15) is 11.1 Å². The highest BCUT2D eigenvalue weighted by Gasteiger charge is 2.18. The third-order valence-corrected chi connectivity index (χ3v) is 6.42. The lowest BCUT2D eigenvalue weighted by Crippen LogP contribution is -2.17. The number of aromatic nitrogens is 2. The zero-order chi connectivity index (χ0) is 24.6. The van der Waals surface area contributed by atoms with Crippen LogP contribution in [0.15, 0.2) is 34.5 Å². The van der Waals surface area contributed by atoms with Gasteiger partial charge >= 0.3 is 0 Å². The highest BCUT2D eigenvalue weighted by molar-refractivity contribution is 7.94. The van der Waals surface area contributed by atoms with Crippen molar-refractivity contribution >= 4 is 66.2 Å². The third-order valence-electron chi connectivity index (χ3n) is 4.25. The van der Waals surface area contributed by atoms with E-state index in [1.165, 1.54) is 11.3 Å². The highest BCUT2D eigenvalue weighted by atomic mass is 32.2. The lowest BCUT2D eigenvalue weighted by Gasteiger charge is -2.15. The monoisotopic (exact) mass is 525 g/mol. The van der Waals surface area contributed by atoms with Crippen molar-refractivity contribution in [3.8, 4) is 6.07 Å². The minimum absolute atomic E-state index is 0.118. The number of para-hydroxylation sites is 1. The van der Waals surface area contributed by atoms with Crippen molar-refractivity contribution in [3.05, 3.63) is 35.4 Å². The number of hydrogen-bond acceptors (Lipinski definition) is 14. The van der Waals surface area contributed by atoms with Crippen molar-refractivity contribution in [2.24, 2.45) is 10.2 Å². The van der Waals surface area contributed by atoms with Crippen LogP contribution in [0.25, 0.3) is 10.2 Å². The average Bonchev–Trinajstić information content (AvgIpc) is 3.20. The molecule has 0 aliphatic heterocycles. The molecule has 0 fully saturated rings. The number of rotatable bonds is 12. The number of hydrogen-bond donors (Lipinski definition) is 4. The normalized spacial score (nSPS) is 11.7. The molecule has 0 bridgehead atoms. The van der Waals surface area contributed by atoms with Gasteiger partial charge in [0.15, 0.2) is 5.82 Å². The second-order valence-electron chi connectivity index (χ2n) is 6.54. The van der Waals surface area contributed by atoms with E-state index < -0.39 is 15.9 Å². The Morgan fingerprint density at radius 3 is 2.68 bits per heavy atom. The molecule has 13 nitrogen and oxygen atoms in total. The van der Waals surface area contributed by atoms with Crippen LogP contribution in [-0.2, 0) is 19.5 Å². The Morgan fingerprint density at radius 1 is 1.21 bits per heavy atom. The predicted octanol–water partition coefficient (Wildman–Crippen LogP) is 4.07. The van der Waals surface area contributed by atoms with Gasteiger partial charge in [-0.15, -0.1) is 14.6 Å². The Kier molecular flexibility index (Phi) is 9.06. The molecular formula is C18H19N7O6S3. The van der Waals surface area contributed by atoms with Gasteiger partial charge in [0.25, 0.3) is 10.1 Å². The number of nitrogens with zero attached hydrogens (tertiary/aromatic N) is 5. The molecule has 3 rings (SSSR count). The van der Waals surface area contributed by atoms with E-state index in [-0.39, 0.29) is 23.7 Å². The van der Waals surface area contributed by atoms with Crippen molar-refractivity contribution in [2.75, 3.05) is 35.2 Å². The molecule has 3 aromatic rings. The minimum Gasteiger partial charge on any atom is -0.368 e. The molecule has 2 heterocycles. The Balaban J connectivity index is 1.93. The molecule has 0 amide bonds. The Bertz CT molecular complexity index is 1290. The largest absolute Gasteiger partial charge is 0.368 e. The molecule has 16 heteroatoms. The molecule has 34 heavy (non-hydrogen) atoms. The fourth-order valence-corrected chi connectivity index (χ4v) is 4.21.